The van der Waals surface area contributed by atoms with Gasteiger partial charge in [-0.05, 0) is 58.0 Å². The molecule has 264 valence electrons. The summed E-state index contributed by atoms with van der Waals surface area (Å²) in [5, 5.41) is 1.63. The van der Waals surface area contributed by atoms with Crippen molar-refractivity contribution in [2.45, 2.75) is 6.92 Å². The maximum Gasteiger partial charge on any atom is 0.164 e. The second kappa shape index (κ2) is 14.1. The predicted octanol–water partition coefficient (Wildman–Crippen LogP) is 13.7. The molecule has 4 heteroatoms. The summed E-state index contributed by atoms with van der Waals surface area (Å²) in [7, 11) is 0. The number of rotatable bonds is 7. The van der Waals surface area contributed by atoms with Gasteiger partial charge in [0.1, 0.15) is 11.2 Å². The average molecular weight is 726 g/mol. The third kappa shape index (κ3) is 6.23. The van der Waals surface area contributed by atoms with Gasteiger partial charge in [-0.2, -0.15) is 0 Å². The van der Waals surface area contributed by atoms with Crippen LogP contribution in [0, 0.1) is 6.92 Å². The standard InChI is InChI=1S/C52H35N3O/c1-34-12-8-17-41(32-34)37-24-26-38(27-25-37)42-18-9-19-43(33-42)44-20-10-21-45-48-46(22-11-23-47(48)56-49(44)45)52-54-50(39-15-6-3-7-16-39)53-51(55-52)40-30-28-36(29-31-40)35-13-4-2-5-14-35/h2-33H,1H3/i8D,12D,17D,24D,25D,26D,27D,32D. The SMILES string of the molecule is [2H]c1c([2H])c(C)c([2H])c(-c2c([2H])c([2H])c(-c3cccc(-c4cccc5c4oc4cccc(-c6nc(-c7ccccc7)nc(-c7ccc(-c8ccccc8)cc7)n6)c45)c3)c([2H])c2[2H])c1[2H]. The lowest BCUT2D eigenvalue weighted by atomic mass is 9.95. The maximum absolute atomic E-state index is 9.09. The van der Waals surface area contributed by atoms with Crippen molar-refractivity contribution in [2.75, 3.05) is 0 Å². The summed E-state index contributed by atoms with van der Waals surface area (Å²) < 4.78 is 76.4. The number of para-hydroxylation sites is 1. The van der Waals surface area contributed by atoms with E-state index < -0.39 is 24.2 Å². The first-order chi connectivity index (χ1) is 31.0. The van der Waals surface area contributed by atoms with Crippen molar-refractivity contribution in [3.8, 4) is 78.7 Å². The van der Waals surface area contributed by atoms with E-state index in [1.807, 2.05) is 103 Å². The quantitative estimate of drug-likeness (QED) is 0.164. The zero-order valence-electron chi connectivity index (χ0n) is 38.1. The zero-order chi connectivity index (χ0) is 44.4. The number of nitrogens with zero attached hydrogens (tertiary/aromatic N) is 3. The van der Waals surface area contributed by atoms with Crippen molar-refractivity contribution in [3.05, 3.63) is 199 Å². The molecule has 0 amide bonds. The molecule has 2 heterocycles. The number of hydrogen-bond acceptors (Lipinski definition) is 4. The first kappa shape index (κ1) is 25.6. The Labute approximate surface area is 336 Å². The normalized spacial score (nSPS) is 13.3. The molecular formula is C52H35N3O. The van der Waals surface area contributed by atoms with Crippen LogP contribution >= 0.6 is 0 Å². The highest BCUT2D eigenvalue weighted by molar-refractivity contribution is 6.15. The van der Waals surface area contributed by atoms with Gasteiger partial charge in [0.25, 0.3) is 0 Å². The molecule has 4 nitrogen and oxygen atoms in total. The largest absolute Gasteiger partial charge is 0.455 e. The van der Waals surface area contributed by atoms with E-state index in [0.29, 0.717) is 39.8 Å². The van der Waals surface area contributed by atoms with Crippen molar-refractivity contribution < 1.29 is 15.4 Å². The fourth-order valence-corrected chi connectivity index (χ4v) is 7.03. The Morgan fingerprint density at radius 2 is 0.982 bits per heavy atom. The van der Waals surface area contributed by atoms with Gasteiger partial charge in [0.05, 0.1) is 11.0 Å². The fourth-order valence-electron chi connectivity index (χ4n) is 7.03. The van der Waals surface area contributed by atoms with Crippen LogP contribution in [-0.4, -0.2) is 15.0 Å². The lowest BCUT2D eigenvalue weighted by molar-refractivity contribution is 0.670. The summed E-state index contributed by atoms with van der Waals surface area (Å²) in [5.74, 6) is 1.53. The van der Waals surface area contributed by atoms with Gasteiger partial charge in [-0.15, -0.1) is 0 Å². The van der Waals surface area contributed by atoms with Gasteiger partial charge in [-0.25, -0.2) is 15.0 Å². The van der Waals surface area contributed by atoms with Crippen LogP contribution in [0.2, 0.25) is 0 Å². The second-order valence-corrected chi connectivity index (χ2v) is 13.4. The summed E-state index contributed by atoms with van der Waals surface area (Å²) in [6.07, 6.45) is 0. The third-order valence-electron chi connectivity index (χ3n) is 9.77. The summed E-state index contributed by atoms with van der Waals surface area (Å²) >= 11 is 0. The highest BCUT2D eigenvalue weighted by Crippen LogP contribution is 2.41. The Kier molecular flexibility index (Phi) is 6.43. The molecule has 0 bridgehead atoms. The van der Waals surface area contributed by atoms with Crippen molar-refractivity contribution >= 4 is 21.9 Å². The summed E-state index contributed by atoms with van der Waals surface area (Å²) in [6, 6.07) is 43.9. The van der Waals surface area contributed by atoms with Gasteiger partial charge in [-0.3, -0.25) is 0 Å². The Morgan fingerprint density at radius 3 is 1.73 bits per heavy atom. The topological polar surface area (TPSA) is 51.8 Å². The molecule has 2 aromatic heterocycles. The van der Waals surface area contributed by atoms with Crippen LogP contribution in [0.1, 0.15) is 16.5 Å². The smallest absolute Gasteiger partial charge is 0.164 e. The molecule has 0 N–H and O–H groups in total. The minimum absolute atomic E-state index is 0.0484. The van der Waals surface area contributed by atoms with E-state index in [9.17, 15) is 0 Å². The highest BCUT2D eigenvalue weighted by atomic mass is 16.3. The third-order valence-corrected chi connectivity index (χ3v) is 9.77. The number of hydrogen-bond donors (Lipinski definition) is 0. The van der Waals surface area contributed by atoms with Crippen LogP contribution in [-0.2, 0) is 0 Å². The molecule has 0 aliphatic rings. The van der Waals surface area contributed by atoms with Gasteiger partial charge in [0, 0.05) is 33.0 Å². The average Bonchev–Trinajstić information content (AvgIpc) is 3.73. The lowest BCUT2D eigenvalue weighted by Crippen LogP contribution is -2.00. The Bertz CT molecular complexity index is 3430. The van der Waals surface area contributed by atoms with E-state index in [2.05, 4.69) is 24.3 Å². The summed E-state index contributed by atoms with van der Waals surface area (Å²) in [4.78, 5) is 15.1. The second-order valence-electron chi connectivity index (χ2n) is 13.4. The highest BCUT2D eigenvalue weighted by Gasteiger charge is 2.20. The van der Waals surface area contributed by atoms with Gasteiger partial charge >= 0.3 is 0 Å². The Balaban J connectivity index is 1.09. The van der Waals surface area contributed by atoms with Gasteiger partial charge in [0.2, 0.25) is 0 Å². The Hall–Kier alpha value is -7.43. The van der Waals surface area contributed by atoms with E-state index in [1.54, 1.807) is 18.2 Å². The number of benzene rings is 8. The predicted molar refractivity (Wildman–Crippen MR) is 230 cm³/mol. The maximum atomic E-state index is 9.09. The molecule has 0 saturated carbocycles. The monoisotopic (exact) mass is 725 g/mol. The van der Waals surface area contributed by atoms with E-state index in [1.165, 1.54) is 6.92 Å². The molecule has 10 rings (SSSR count). The van der Waals surface area contributed by atoms with Gasteiger partial charge in [-0.1, -0.05) is 187 Å². The molecule has 0 unspecified atom stereocenters. The van der Waals surface area contributed by atoms with E-state index in [0.717, 1.165) is 44.2 Å². The van der Waals surface area contributed by atoms with E-state index >= 15 is 0 Å². The van der Waals surface area contributed by atoms with Gasteiger partial charge < -0.3 is 4.42 Å². The molecule has 0 saturated heterocycles. The number of aromatic nitrogens is 3. The van der Waals surface area contributed by atoms with Crippen LogP contribution in [0.3, 0.4) is 0 Å². The van der Waals surface area contributed by atoms with Crippen molar-refractivity contribution in [2.24, 2.45) is 0 Å². The zero-order valence-corrected chi connectivity index (χ0v) is 30.1. The van der Waals surface area contributed by atoms with Crippen molar-refractivity contribution in [1.29, 1.82) is 0 Å². The molecule has 0 atom stereocenters. The lowest BCUT2D eigenvalue weighted by Gasteiger charge is -2.10. The molecule has 0 aliphatic heterocycles. The number of fused-ring (bicyclic) bond motifs is 3. The van der Waals surface area contributed by atoms with Crippen LogP contribution in [0.4, 0.5) is 0 Å². The number of furan rings is 1. The molecule has 8 aromatic carbocycles. The molecule has 0 aliphatic carbocycles. The summed E-state index contributed by atoms with van der Waals surface area (Å²) in [6.45, 7) is 1.48. The first-order valence-electron chi connectivity index (χ1n) is 22.2. The van der Waals surface area contributed by atoms with Crippen LogP contribution in [0.5, 0.6) is 0 Å². The van der Waals surface area contributed by atoms with Crippen molar-refractivity contribution in [3.63, 3.8) is 0 Å². The van der Waals surface area contributed by atoms with Crippen LogP contribution in [0.15, 0.2) is 198 Å². The first-order valence-corrected chi connectivity index (χ1v) is 18.2. The minimum atomic E-state index is -0.486. The van der Waals surface area contributed by atoms with E-state index in [-0.39, 0.29) is 46.4 Å². The molecule has 0 fully saturated rings. The van der Waals surface area contributed by atoms with Crippen LogP contribution < -0.4 is 0 Å². The minimum Gasteiger partial charge on any atom is -0.455 e. The molecule has 0 spiro atoms. The van der Waals surface area contributed by atoms with Crippen LogP contribution in [0.25, 0.3) is 101 Å². The molecule has 10 aromatic rings. The fraction of sp³-hybridized carbons (Fsp3) is 0.0192. The Morgan fingerprint density at radius 1 is 0.429 bits per heavy atom. The van der Waals surface area contributed by atoms with Crippen molar-refractivity contribution in [1.82, 2.24) is 15.0 Å². The summed E-state index contributed by atoms with van der Waals surface area (Å²) in [5.41, 5.74) is 7.44. The van der Waals surface area contributed by atoms with Gasteiger partial charge in [0.15, 0.2) is 17.5 Å². The molecule has 56 heavy (non-hydrogen) atoms. The molecule has 0 radical (unpaired) electrons. The molecular weight excluding hydrogens is 683 g/mol. The van der Waals surface area contributed by atoms with E-state index in [4.69, 9.17) is 30.3 Å².